The molecule has 2 aliphatic rings. The second-order valence-electron chi connectivity index (χ2n) is 5.97. The number of ether oxygens (including phenoxy) is 1. The minimum Gasteiger partial charge on any atom is -0.378 e. The monoisotopic (exact) mass is 288 g/mol. The first kappa shape index (κ1) is 14.4. The van der Waals surface area contributed by atoms with Gasteiger partial charge in [-0.05, 0) is 38.3 Å². The smallest absolute Gasteiger partial charge is 0.226 e. The van der Waals surface area contributed by atoms with Crippen LogP contribution in [-0.4, -0.2) is 37.7 Å². The summed E-state index contributed by atoms with van der Waals surface area (Å²) in [6.45, 7) is 4.65. The molecule has 2 fully saturated rings. The number of hydrogen-bond donors (Lipinski definition) is 1. The number of piperidine rings is 1. The number of carbonyl (C=O) groups is 1. The van der Waals surface area contributed by atoms with Gasteiger partial charge in [0.25, 0.3) is 0 Å². The van der Waals surface area contributed by atoms with E-state index in [-0.39, 0.29) is 24.0 Å². The Morgan fingerprint density at radius 2 is 2.19 bits per heavy atom. The molecule has 3 unspecified atom stereocenters. The van der Waals surface area contributed by atoms with E-state index in [1.165, 1.54) is 5.69 Å². The lowest BCUT2D eigenvalue weighted by atomic mass is 10.0. The molecular formula is C17H24N2O2. The van der Waals surface area contributed by atoms with Crippen molar-refractivity contribution in [1.29, 1.82) is 0 Å². The SMILES string of the molecule is CCOC1CC1C(=O)NC1CCCN(c2ccccc2)C1. The largest absolute Gasteiger partial charge is 0.378 e. The van der Waals surface area contributed by atoms with Crippen LogP contribution >= 0.6 is 0 Å². The molecule has 0 spiro atoms. The molecule has 0 bridgehead atoms. The number of carbonyl (C=O) groups excluding carboxylic acids is 1. The van der Waals surface area contributed by atoms with Crippen LogP contribution in [0.3, 0.4) is 0 Å². The molecule has 1 saturated heterocycles. The number of nitrogens with one attached hydrogen (secondary N) is 1. The van der Waals surface area contributed by atoms with Gasteiger partial charge in [0.15, 0.2) is 0 Å². The highest BCUT2D eigenvalue weighted by molar-refractivity contribution is 5.82. The minimum atomic E-state index is 0.0806. The van der Waals surface area contributed by atoms with Gasteiger partial charge < -0.3 is 15.0 Å². The molecule has 4 heteroatoms. The molecule has 1 heterocycles. The van der Waals surface area contributed by atoms with Crippen molar-refractivity contribution < 1.29 is 9.53 Å². The van der Waals surface area contributed by atoms with Crippen LogP contribution in [0.25, 0.3) is 0 Å². The fourth-order valence-corrected chi connectivity index (χ4v) is 3.12. The lowest BCUT2D eigenvalue weighted by Crippen LogP contribution is -2.48. The number of rotatable bonds is 5. The summed E-state index contributed by atoms with van der Waals surface area (Å²) in [6, 6.07) is 10.7. The summed E-state index contributed by atoms with van der Waals surface area (Å²) < 4.78 is 5.49. The van der Waals surface area contributed by atoms with Gasteiger partial charge in [-0.3, -0.25) is 4.79 Å². The second kappa shape index (κ2) is 6.48. The van der Waals surface area contributed by atoms with Gasteiger partial charge in [0.05, 0.1) is 12.0 Å². The van der Waals surface area contributed by atoms with Gasteiger partial charge in [0.1, 0.15) is 0 Å². The third-order valence-corrected chi connectivity index (χ3v) is 4.34. The van der Waals surface area contributed by atoms with Crippen LogP contribution in [-0.2, 0) is 9.53 Å². The Kier molecular flexibility index (Phi) is 4.44. The van der Waals surface area contributed by atoms with E-state index in [0.29, 0.717) is 6.61 Å². The van der Waals surface area contributed by atoms with E-state index >= 15 is 0 Å². The van der Waals surface area contributed by atoms with E-state index < -0.39 is 0 Å². The van der Waals surface area contributed by atoms with E-state index in [1.807, 2.05) is 13.0 Å². The summed E-state index contributed by atoms with van der Waals surface area (Å²) in [7, 11) is 0. The predicted molar refractivity (Wildman–Crippen MR) is 83.3 cm³/mol. The number of hydrogen-bond acceptors (Lipinski definition) is 3. The van der Waals surface area contributed by atoms with E-state index in [9.17, 15) is 4.79 Å². The maximum absolute atomic E-state index is 12.2. The topological polar surface area (TPSA) is 41.6 Å². The summed E-state index contributed by atoms with van der Waals surface area (Å²) in [4.78, 5) is 14.6. The van der Waals surface area contributed by atoms with Crippen LogP contribution in [0.5, 0.6) is 0 Å². The normalized spacial score (nSPS) is 28.2. The minimum absolute atomic E-state index is 0.0806. The van der Waals surface area contributed by atoms with Crippen molar-refractivity contribution in [2.24, 2.45) is 5.92 Å². The Balaban J connectivity index is 1.51. The molecule has 1 aromatic rings. The first-order chi connectivity index (χ1) is 10.3. The van der Waals surface area contributed by atoms with Crippen LogP contribution in [0.15, 0.2) is 30.3 Å². The summed E-state index contributed by atoms with van der Waals surface area (Å²) in [5, 5.41) is 3.21. The van der Waals surface area contributed by atoms with Crippen molar-refractivity contribution in [3.05, 3.63) is 30.3 Å². The Morgan fingerprint density at radius 1 is 1.38 bits per heavy atom. The second-order valence-corrected chi connectivity index (χ2v) is 5.97. The molecule has 1 amide bonds. The molecule has 114 valence electrons. The fourth-order valence-electron chi connectivity index (χ4n) is 3.12. The molecule has 21 heavy (non-hydrogen) atoms. The molecule has 0 aromatic heterocycles. The van der Waals surface area contributed by atoms with Crippen molar-refractivity contribution in [2.75, 3.05) is 24.6 Å². The van der Waals surface area contributed by atoms with Crippen LogP contribution in [0, 0.1) is 5.92 Å². The van der Waals surface area contributed by atoms with Crippen molar-refractivity contribution >= 4 is 11.6 Å². The van der Waals surface area contributed by atoms with Crippen LogP contribution < -0.4 is 10.2 Å². The number of anilines is 1. The number of benzene rings is 1. The maximum Gasteiger partial charge on any atom is 0.226 e. The molecule has 0 radical (unpaired) electrons. The van der Waals surface area contributed by atoms with Gasteiger partial charge in [0.2, 0.25) is 5.91 Å². The zero-order valence-electron chi connectivity index (χ0n) is 12.6. The summed E-state index contributed by atoms with van der Waals surface area (Å²) >= 11 is 0. The van der Waals surface area contributed by atoms with E-state index in [0.717, 1.165) is 32.4 Å². The first-order valence-corrected chi connectivity index (χ1v) is 8.00. The third-order valence-electron chi connectivity index (χ3n) is 4.34. The highest BCUT2D eigenvalue weighted by Crippen LogP contribution is 2.34. The third kappa shape index (κ3) is 3.56. The van der Waals surface area contributed by atoms with Gasteiger partial charge in [0, 0.05) is 31.4 Å². The van der Waals surface area contributed by atoms with Crippen molar-refractivity contribution in [3.63, 3.8) is 0 Å². The molecular weight excluding hydrogens is 264 g/mol. The van der Waals surface area contributed by atoms with Gasteiger partial charge in [-0.25, -0.2) is 0 Å². The predicted octanol–water partition coefficient (Wildman–Crippen LogP) is 2.20. The number of nitrogens with zero attached hydrogens (tertiary/aromatic N) is 1. The van der Waals surface area contributed by atoms with Crippen LogP contribution in [0.1, 0.15) is 26.2 Å². The molecule has 4 nitrogen and oxygen atoms in total. The zero-order chi connectivity index (χ0) is 14.7. The summed E-state index contributed by atoms with van der Waals surface area (Å²) in [5.41, 5.74) is 1.25. The molecule has 1 aliphatic heterocycles. The quantitative estimate of drug-likeness (QED) is 0.903. The first-order valence-electron chi connectivity index (χ1n) is 8.00. The van der Waals surface area contributed by atoms with Crippen molar-refractivity contribution in [3.8, 4) is 0 Å². The van der Waals surface area contributed by atoms with Gasteiger partial charge in [-0.2, -0.15) is 0 Å². The Bertz CT molecular complexity index is 477. The lowest BCUT2D eigenvalue weighted by Gasteiger charge is -2.34. The highest BCUT2D eigenvalue weighted by Gasteiger charge is 2.44. The summed E-state index contributed by atoms with van der Waals surface area (Å²) in [5.74, 6) is 0.255. The van der Waals surface area contributed by atoms with E-state index in [2.05, 4.69) is 34.5 Å². The molecule has 3 rings (SSSR count). The Morgan fingerprint density at radius 3 is 2.95 bits per heavy atom. The number of para-hydroxylation sites is 1. The van der Waals surface area contributed by atoms with Crippen molar-refractivity contribution in [1.82, 2.24) is 5.32 Å². The Hall–Kier alpha value is -1.55. The van der Waals surface area contributed by atoms with E-state index in [1.54, 1.807) is 0 Å². The molecule has 1 N–H and O–H groups in total. The fraction of sp³-hybridized carbons (Fsp3) is 0.588. The van der Waals surface area contributed by atoms with Gasteiger partial charge in [-0.1, -0.05) is 18.2 Å². The molecule has 3 atom stereocenters. The standard InChI is InChI=1S/C17H24N2O2/c1-2-21-16-11-15(16)17(20)18-13-7-6-10-19(12-13)14-8-4-3-5-9-14/h3-5,8-9,13,15-16H,2,6-7,10-12H2,1H3,(H,18,20). The maximum atomic E-state index is 12.2. The number of amides is 1. The van der Waals surface area contributed by atoms with Gasteiger partial charge >= 0.3 is 0 Å². The lowest BCUT2D eigenvalue weighted by molar-refractivity contribution is -0.124. The van der Waals surface area contributed by atoms with Crippen molar-refractivity contribution in [2.45, 2.75) is 38.3 Å². The Labute approximate surface area is 126 Å². The van der Waals surface area contributed by atoms with Gasteiger partial charge in [-0.15, -0.1) is 0 Å². The highest BCUT2D eigenvalue weighted by atomic mass is 16.5. The average molecular weight is 288 g/mol. The van der Waals surface area contributed by atoms with Crippen LogP contribution in [0.4, 0.5) is 5.69 Å². The summed E-state index contributed by atoms with van der Waals surface area (Å²) in [6.07, 6.45) is 3.23. The van der Waals surface area contributed by atoms with Crippen LogP contribution in [0.2, 0.25) is 0 Å². The zero-order valence-corrected chi connectivity index (χ0v) is 12.6. The molecule has 1 aliphatic carbocycles. The van der Waals surface area contributed by atoms with E-state index in [4.69, 9.17) is 4.74 Å². The average Bonchev–Trinajstić information content (AvgIpc) is 3.28. The molecule has 1 saturated carbocycles. The molecule has 1 aromatic carbocycles.